The lowest BCUT2D eigenvalue weighted by atomic mass is 10.2. The second kappa shape index (κ2) is 5.10. The first kappa shape index (κ1) is 11.2. The van der Waals surface area contributed by atoms with Crippen LogP contribution in [-0.4, -0.2) is 17.4 Å². The Labute approximate surface area is 92.1 Å². The second-order valence-corrected chi connectivity index (χ2v) is 4.28. The fraction of sp³-hybridized carbons (Fsp3) is 0.400. The minimum atomic E-state index is -0.0539. The van der Waals surface area contributed by atoms with Gasteiger partial charge in [-0.15, -0.1) is 0 Å². The summed E-state index contributed by atoms with van der Waals surface area (Å²) in [5, 5.41) is 2.84. The molecule has 0 radical (unpaired) electrons. The maximum atomic E-state index is 11.5. The van der Waals surface area contributed by atoms with Crippen LogP contribution in [0.4, 0.5) is 0 Å². The predicted octanol–water partition coefficient (Wildman–Crippen LogP) is 2.23. The van der Waals surface area contributed by atoms with Crippen LogP contribution in [0, 0.1) is 5.92 Å². The number of carbonyl (C=O) groups is 1. The van der Waals surface area contributed by atoms with E-state index in [1.165, 1.54) is 0 Å². The lowest BCUT2D eigenvalue weighted by Crippen LogP contribution is -2.27. The fourth-order valence-corrected chi connectivity index (χ4v) is 1.31. The van der Waals surface area contributed by atoms with Crippen molar-refractivity contribution in [2.75, 3.05) is 6.54 Å². The van der Waals surface area contributed by atoms with Crippen molar-refractivity contribution in [3.05, 3.63) is 28.5 Å². The number of amides is 1. The molecule has 0 aliphatic heterocycles. The van der Waals surface area contributed by atoms with Gasteiger partial charge in [0.2, 0.25) is 0 Å². The van der Waals surface area contributed by atoms with E-state index >= 15 is 0 Å². The molecule has 0 aromatic carbocycles. The number of halogens is 1. The lowest BCUT2D eigenvalue weighted by Gasteiger charge is -2.07. The molecule has 0 aliphatic rings. The van der Waals surface area contributed by atoms with Crippen LogP contribution in [0.15, 0.2) is 22.9 Å². The summed E-state index contributed by atoms with van der Waals surface area (Å²) in [6.45, 7) is 4.81. The highest BCUT2D eigenvalue weighted by Gasteiger charge is 2.05. The van der Waals surface area contributed by atoms with Gasteiger partial charge in [0.25, 0.3) is 5.91 Å². The molecule has 4 heteroatoms. The average molecular weight is 257 g/mol. The van der Waals surface area contributed by atoms with Gasteiger partial charge >= 0.3 is 0 Å². The second-order valence-electron chi connectivity index (χ2n) is 3.47. The minimum Gasteiger partial charge on any atom is -0.352 e. The Morgan fingerprint density at radius 2 is 2.36 bits per heavy atom. The highest BCUT2D eigenvalue weighted by atomic mass is 79.9. The number of rotatable bonds is 3. The van der Waals surface area contributed by atoms with Crippen LogP contribution in [-0.2, 0) is 0 Å². The summed E-state index contributed by atoms with van der Waals surface area (Å²) in [6, 6.07) is 3.40. The maximum absolute atomic E-state index is 11.5. The number of nitrogens with one attached hydrogen (secondary N) is 1. The minimum absolute atomic E-state index is 0.0539. The van der Waals surface area contributed by atoms with Gasteiger partial charge in [-0.3, -0.25) is 4.79 Å². The lowest BCUT2D eigenvalue weighted by molar-refractivity contribution is 0.0949. The Hall–Kier alpha value is -0.900. The topological polar surface area (TPSA) is 42.0 Å². The molecule has 0 spiro atoms. The normalized spacial score (nSPS) is 10.3. The smallest absolute Gasteiger partial charge is 0.251 e. The fourth-order valence-electron chi connectivity index (χ4n) is 0.943. The van der Waals surface area contributed by atoms with Crippen molar-refractivity contribution in [2.45, 2.75) is 13.8 Å². The third-order valence-electron chi connectivity index (χ3n) is 1.66. The van der Waals surface area contributed by atoms with Gasteiger partial charge in [-0.2, -0.15) is 0 Å². The van der Waals surface area contributed by atoms with Gasteiger partial charge in [-0.05, 0) is 34.0 Å². The molecule has 1 aromatic heterocycles. The molecule has 0 aliphatic carbocycles. The summed E-state index contributed by atoms with van der Waals surface area (Å²) in [6.07, 6.45) is 1.61. The van der Waals surface area contributed by atoms with Gasteiger partial charge in [0, 0.05) is 18.3 Å². The third kappa shape index (κ3) is 3.46. The monoisotopic (exact) mass is 256 g/mol. The van der Waals surface area contributed by atoms with Crippen molar-refractivity contribution < 1.29 is 4.79 Å². The van der Waals surface area contributed by atoms with Crippen LogP contribution < -0.4 is 5.32 Å². The summed E-state index contributed by atoms with van der Waals surface area (Å²) < 4.78 is 0.676. The number of carbonyl (C=O) groups excluding carboxylic acids is 1. The van der Waals surface area contributed by atoms with E-state index in [4.69, 9.17) is 0 Å². The number of aromatic nitrogens is 1. The molecule has 1 heterocycles. The number of nitrogens with zero attached hydrogens (tertiary/aromatic N) is 1. The van der Waals surface area contributed by atoms with Crippen LogP contribution in [0.2, 0.25) is 0 Å². The first-order valence-electron chi connectivity index (χ1n) is 4.49. The van der Waals surface area contributed by atoms with Crippen molar-refractivity contribution >= 4 is 21.8 Å². The summed E-state index contributed by atoms with van der Waals surface area (Å²) in [4.78, 5) is 15.5. The third-order valence-corrected chi connectivity index (χ3v) is 2.09. The molecule has 1 N–H and O–H groups in total. The Balaban J connectivity index is 2.61. The summed E-state index contributed by atoms with van der Waals surface area (Å²) >= 11 is 3.22. The molecule has 0 saturated heterocycles. The molecular formula is C10H13BrN2O. The quantitative estimate of drug-likeness (QED) is 0.843. The molecule has 0 bridgehead atoms. The largest absolute Gasteiger partial charge is 0.352 e. The van der Waals surface area contributed by atoms with Crippen LogP contribution in [0.3, 0.4) is 0 Å². The van der Waals surface area contributed by atoms with Gasteiger partial charge < -0.3 is 5.32 Å². The Bertz CT molecular complexity index is 326. The zero-order valence-electron chi connectivity index (χ0n) is 8.25. The van der Waals surface area contributed by atoms with E-state index in [-0.39, 0.29) is 5.91 Å². The van der Waals surface area contributed by atoms with Gasteiger partial charge in [-0.1, -0.05) is 13.8 Å². The van der Waals surface area contributed by atoms with Crippen molar-refractivity contribution in [2.24, 2.45) is 5.92 Å². The van der Waals surface area contributed by atoms with E-state index in [0.29, 0.717) is 22.6 Å². The molecule has 76 valence electrons. The van der Waals surface area contributed by atoms with Crippen molar-refractivity contribution in [1.82, 2.24) is 10.3 Å². The zero-order chi connectivity index (χ0) is 10.6. The van der Waals surface area contributed by atoms with E-state index < -0.39 is 0 Å². The van der Waals surface area contributed by atoms with Gasteiger partial charge in [0.1, 0.15) is 4.60 Å². The van der Waals surface area contributed by atoms with Crippen LogP contribution in [0.25, 0.3) is 0 Å². The van der Waals surface area contributed by atoms with Crippen molar-refractivity contribution in [3.8, 4) is 0 Å². The van der Waals surface area contributed by atoms with Crippen LogP contribution in [0.5, 0.6) is 0 Å². The summed E-state index contributed by atoms with van der Waals surface area (Å²) in [7, 11) is 0. The molecule has 14 heavy (non-hydrogen) atoms. The van der Waals surface area contributed by atoms with E-state index in [1.54, 1.807) is 18.3 Å². The summed E-state index contributed by atoms with van der Waals surface area (Å²) in [5.74, 6) is 0.408. The number of hydrogen-bond acceptors (Lipinski definition) is 2. The van der Waals surface area contributed by atoms with Crippen molar-refractivity contribution in [3.63, 3.8) is 0 Å². The van der Waals surface area contributed by atoms with E-state index in [2.05, 4.69) is 40.1 Å². The molecule has 1 aromatic rings. The standard InChI is InChI=1S/C10H13BrN2O/c1-7(2)6-13-10(14)8-3-4-12-9(11)5-8/h3-5,7H,6H2,1-2H3,(H,13,14). The highest BCUT2D eigenvalue weighted by Crippen LogP contribution is 2.07. The van der Waals surface area contributed by atoms with Gasteiger partial charge in [0.05, 0.1) is 0 Å². The molecule has 0 fully saturated rings. The Kier molecular flexibility index (Phi) is 4.07. The molecule has 0 atom stereocenters. The van der Waals surface area contributed by atoms with Crippen LogP contribution in [0.1, 0.15) is 24.2 Å². The zero-order valence-corrected chi connectivity index (χ0v) is 9.84. The first-order chi connectivity index (χ1) is 6.59. The highest BCUT2D eigenvalue weighted by molar-refractivity contribution is 9.10. The SMILES string of the molecule is CC(C)CNC(=O)c1ccnc(Br)c1. The molecule has 3 nitrogen and oxygen atoms in total. The average Bonchev–Trinajstić information content (AvgIpc) is 2.14. The Morgan fingerprint density at radius 1 is 1.64 bits per heavy atom. The van der Waals surface area contributed by atoms with Gasteiger partial charge in [-0.25, -0.2) is 4.98 Å². The predicted molar refractivity (Wildman–Crippen MR) is 59.1 cm³/mol. The van der Waals surface area contributed by atoms with Gasteiger partial charge in [0.15, 0.2) is 0 Å². The molecule has 0 saturated carbocycles. The first-order valence-corrected chi connectivity index (χ1v) is 5.28. The maximum Gasteiger partial charge on any atom is 0.251 e. The molecule has 0 unspecified atom stereocenters. The Morgan fingerprint density at radius 3 is 2.93 bits per heavy atom. The molecule has 1 amide bonds. The number of hydrogen-bond donors (Lipinski definition) is 1. The summed E-state index contributed by atoms with van der Waals surface area (Å²) in [5.41, 5.74) is 0.632. The number of pyridine rings is 1. The van der Waals surface area contributed by atoms with E-state index in [9.17, 15) is 4.79 Å². The molecule has 1 rings (SSSR count). The van der Waals surface area contributed by atoms with E-state index in [0.717, 1.165) is 0 Å². The van der Waals surface area contributed by atoms with Crippen molar-refractivity contribution in [1.29, 1.82) is 0 Å². The van der Waals surface area contributed by atoms with E-state index in [1.807, 2.05) is 0 Å². The van der Waals surface area contributed by atoms with Crippen LogP contribution >= 0.6 is 15.9 Å². The molecular weight excluding hydrogens is 244 g/mol.